The minimum atomic E-state index is 0.0701. The summed E-state index contributed by atoms with van der Waals surface area (Å²) in [6.45, 7) is 5.77. The normalized spacial score (nSPS) is 20.1. The zero-order chi connectivity index (χ0) is 20.5. The Balaban J connectivity index is 1.46. The van der Waals surface area contributed by atoms with Gasteiger partial charge >= 0.3 is 0 Å². The van der Waals surface area contributed by atoms with Crippen LogP contribution in [0.5, 0.6) is 0 Å². The molecule has 1 saturated heterocycles. The van der Waals surface area contributed by atoms with Gasteiger partial charge in [-0.15, -0.1) is 0 Å². The SMILES string of the molecule is C[C@H](CN1CCCC1)N1c2ccccc2Sc2ccc(C(=O)NC3CCCC3)cc21. The third-order valence-corrected chi connectivity index (χ3v) is 7.81. The van der Waals surface area contributed by atoms with E-state index >= 15 is 0 Å². The molecule has 0 spiro atoms. The first kappa shape index (κ1) is 20.0. The molecule has 158 valence electrons. The van der Waals surface area contributed by atoms with Crippen LogP contribution in [0.4, 0.5) is 11.4 Å². The number of carbonyl (C=O) groups is 1. The second kappa shape index (κ2) is 8.64. The first-order valence-corrected chi connectivity index (χ1v) is 12.2. The van der Waals surface area contributed by atoms with E-state index in [0.717, 1.165) is 24.9 Å². The standard InChI is InChI=1S/C25H31N3OS/c1-18(17-27-14-6-7-15-27)28-21-10-4-5-11-23(21)30-24-13-12-19(16-22(24)28)25(29)26-20-8-2-3-9-20/h4-5,10-13,16,18,20H,2-3,6-9,14-15,17H2,1H3,(H,26,29)/t18-/m1/s1. The molecule has 1 saturated carbocycles. The number of nitrogens with one attached hydrogen (secondary N) is 1. The summed E-state index contributed by atoms with van der Waals surface area (Å²) in [7, 11) is 0. The minimum absolute atomic E-state index is 0.0701. The number of para-hydroxylation sites is 1. The van der Waals surface area contributed by atoms with Gasteiger partial charge in [-0.2, -0.15) is 0 Å². The second-order valence-corrected chi connectivity index (χ2v) is 10.0. The maximum absolute atomic E-state index is 12.9. The Morgan fingerprint density at radius 1 is 1.03 bits per heavy atom. The molecule has 5 rings (SSSR count). The lowest BCUT2D eigenvalue weighted by Gasteiger charge is -2.39. The number of carbonyl (C=O) groups excluding carboxylic acids is 1. The molecular weight excluding hydrogens is 390 g/mol. The Kier molecular flexibility index (Phi) is 5.74. The highest BCUT2D eigenvalue weighted by molar-refractivity contribution is 7.99. The number of hydrogen-bond acceptors (Lipinski definition) is 4. The van der Waals surface area contributed by atoms with Crippen molar-refractivity contribution in [2.45, 2.75) is 67.3 Å². The van der Waals surface area contributed by atoms with Crippen molar-refractivity contribution >= 4 is 29.0 Å². The quantitative estimate of drug-likeness (QED) is 0.697. The summed E-state index contributed by atoms with van der Waals surface area (Å²) >= 11 is 1.81. The molecule has 0 radical (unpaired) electrons. The summed E-state index contributed by atoms with van der Waals surface area (Å²) in [5.74, 6) is 0.0701. The number of anilines is 2. The van der Waals surface area contributed by atoms with Crippen molar-refractivity contribution in [2.24, 2.45) is 0 Å². The van der Waals surface area contributed by atoms with E-state index in [1.165, 1.54) is 59.9 Å². The van der Waals surface area contributed by atoms with Crippen LogP contribution >= 0.6 is 11.8 Å². The molecule has 30 heavy (non-hydrogen) atoms. The van der Waals surface area contributed by atoms with Crippen LogP contribution in [-0.4, -0.2) is 42.5 Å². The number of hydrogen-bond donors (Lipinski definition) is 1. The number of likely N-dealkylation sites (tertiary alicyclic amines) is 1. The number of rotatable bonds is 5. The molecule has 2 fully saturated rings. The minimum Gasteiger partial charge on any atom is -0.349 e. The molecular formula is C25H31N3OS. The largest absolute Gasteiger partial charge is 0.349 e. The summed E-state index contributed by atoms with van der Waals surface area (Å²) in [4.78, 5) is 20.5. The lowest BCUT2D eigenvalue weighted by Crippen LogP contribution is -2.40. The van der Waals surface area contributed by atoms with Crippen molar-refractivity contribution in [3.8, 4) is 0 Å². The summed E-state index contributed by atoms with van der Waals surface area (Å²) in [6.07, 6.45) is 7.29. The van der Waals surface area contributed by atoms with Crippen LogP contribution < -0.4 is 10.2 Å². The van der Waals surface area contributed by atoms with Gasteiger partial charge in [0.05, 0.1) is 11.4 Å². The predicted octanol–water partition coefficient (Wildman–Crippen LogP) is 5.45. The average molecular weight is 422 g/mol. The first-order valence-electron chi connectivity index (χ1n) is 11.4. The van der Waals surface area contributed by atoms with Gasteiger partial charge in [-0.3, -0.25) is 4.79 Å². The maximum atomic E-state index is 12.9. The highest BCUT2D eigenvalue weighted by Crippen LogP contribution is 2.49. The van der Waals surface area contributed by atoms with Crippen molar-refractivity contribution in [3.63, 3.8) is 0 Å². The Labute approximate surface area is 184 Å². The number of nitrogens with zero attached hydrogens (tertiary/aromatic N) is 2. The van der Waals surface area contributed by atoms with Crippen LogP contribution in [0.25, 0.3) is 0 Å². The highest BCUT2D eigenvalue weighted by atomic mass is 32.2. The Morgan fingerprint density at radius 3 is 2.57 bits per heavy atom. The van der Waals surface area contributed by atoms with Crippen LogP contribution in [0.3, 0.4) is 0 Å². The molecule has 2 aliphatic heterocycles. The van der Waals surface area contributed by atoms with E-state index in [-0.39, 0.29) is 5.91 Å². The van der Waals surface area contributed by atoms with Gasteiger partial charge in [0.25, 0.3) is 5.91 Å². The van der Waals surface area contributed by atoms with Crippen LogP contribution in [0.15, 0.2) is 52.3 Å². The smallest absolute Gasteiger partial charge is 0.251 e. The molecule has 0 bridgehead atoms. The van der Waals surface area contributed by atoms with E-state index in [9.17, 15) is 4.79 Å². The number of benzene rings is 2. The Bertz CT molecular complexity index is 918. The third-order valence-electron chi connectivity index (χ3n) is 6.68. The predicted molar refractivity (Wildman–Crippen MR) is 124 cm³/mol. The van der Waals surface area contributed by atoms with Crippen LogP contribution in [-0.2, 0) is 0 Å². The summed E-state index contributed by atoms with van der Waals surface area (Å²) in [5.41, 5.74) is 3.21. The summed E-state index contributed by atoms with van der Waals surface area (Å²) in [6, 6.07) is 15.6. The van der Waals surface area contributed by atoms with E-state index in [2.05, 4.69) is 58.4 Å². The molecule has 3 aliphatic rings. The van der Waals surface area contributed by atoms with E-state index in [0.29, 0.717) is 12.1 Å². The van der Waals surface area contributed by atoms with Gasteiger partial charge in [0.15, 0.2) is 0 Å². The fraction of sp³-hybridized carbons (Fsp3) is 0.480. The number of fused-ring (bicyclic) bond motifs is 2. The molecule has 0 aromatic heterocycles. The van der Waals surface area contributed by atoms with Gasteiger partial charge in [-0.25, -0.2) is 0 Å². The van der Waals surface area contributed by atoms with Crippen LogP contribution in [0.2, 0.25) is 0 Å². The molecule has 2 aromatic rings. The van der Waals surface area contributed by atoms with Gasteiger partial charge in [0.1, 0.15) is 0 Å². The van der Waals surface area contributed by atoms with Crippen molar-refractivity contribution in [3.05, 3.63) is 48.0 Å². The molecule has 1 aliphatic carbocycles. The Hall–Kier alpha value is -1.98. The van der Waals surface area contributed by atoms with E-state index in [1.54, 1.807) is 0 Å². The van der Waals surface area contributed by atoms with E-state index in [1.807, 2.05) is 17.8 Å². The van der Waals surface area contributed by atoms with Gasteiger partial charge in [0.2, 0.25) is 0 Å². The van der Waals surface area contributed by atoms with Gasteiger partial charge in [-0.1, -0.05) is 36.7 Å². The molecule has 2 aromatic carbocycles. The van der Waals surface area contributed by atoms with Gasteiger partial charge < -0.3 is 15.1 Å². The van der Waals surface area contributed by atoms with Crippen molar-refractivity contribution in [1.82, 2.24) is 10.2 Å². The second-order valence-electron chi connectivity index (χ2n) is 8.93. The molecule has 0 unspecified atom stereocenters. The summed E-state index contributed by atoms with van der Waals surface area (Å²) in [5, 5.41) is 3.25. The average Bonchev–Trinajstić information content (AvgIpc) is 3.45. The molecule has 1 amide bonds. The van der Waals surface area contributed by atoms with Crippen LogP contribution in [0.1, 0.15) is 55.8 Å². The summed E-state index contributed by atoms with van der Waals surface area (Å²) < 4.78 is 0. The zero-order valence-electron chi connectivity index (χ0n) is 17.8. The molecule has 1 atom stereocenters. The highest BCUT2D eigenvalue weighted by Gasteiger charge is 2.29. The van der Waals surface area contributed by atoms with E-state index < -0.39 is 0 Å². The number of amides is 1. The van der Waals surface area contributed by atoms with Gasteiger partial charge in [-0.05, 0) is 76.0 Å². The molecule has 5 heteroatoms. The van der Waals surface area contributed by atoms with E-state index in [4.69, 9.17) is 0 Å². The van der Waals surface area contributed by atoms with Gasteiger partial charge in [0, 0.05) is 34.0 Å². The first-order chi connectivity index (χ1) is 14.7. The fourth-order valence-electron chi connectivity index (χ4n) is 5.16. The maximum Gasteiger partial charge on any atom is 0.251 e. The lowest BCUT2D eigenvalue weighted by molar-refractivity contribution is 0.0938. The van der Waals surface area contributed by atoms with Crippen molar-refractivity contribution in [2.75, 3.05) is 24.5 Å². The van der Waals surface area contributed by atoms with Crippen molar-refractivity contribution < 1.29 is 4.79 Å². The molecule has 4 nitrogen and oxygen atoms in total. The third kappa shape index (κ3) is 3.97. The molecule has 1 N–H and O–H groups in total. The zero-order valence-corrected chi connectivity index (χ0v) is 18.6. The topological polar surface area (TPSA) is 35.6 Å². The van der Waals surface area contributed by atoms with Crippen LogP contribution in [0, 0.1) is 0 Å². The molecule has 2 heterocycles. The Morgan fingerprint density at radius 2 is 1.77 bits per heavy atom. The lowest BCUT2D eigenvalue weighted by atomic mass is 10.1. The fourth-order valence-corrected chi connectivity index (χ4v) is 6.21. The van der Waals surface area contributed by atoms with Crippen molar-refractivity contribution in [1.29, 1.82) is 0 Å². The monoisotopic (exact) mass is 421 g/mol.